The van der Waals surface area contributed by atoms with Gasteiger partial charge >= 0.3 is 0 Å². The molecule has 0 radical (unpaired) electrons. The fourth-order valence-electron chi connectivity index (χ4n) is 3.49. The minimum absolute atomic E-state index is 0.517. The quantitative estimate of drug-likeness (QED) is 0.844. The Hall–Kier alpha value is -1.89. The summed E-state index contributed by atoms with van der Waals surface area (Å²) in [5, 5.41) is 10.6. The minimum atomic E-state index is -3.26. The monoisotopic (exact) mass is 374 g/mol. The standard InChI is InChI=1S/C20H26N2O3S/c1-21(14-16-7-4-3-5-8-16)15-20(23)18-10-11-19-17(13-18)9-6-12-22(19)26(2,24)25/h3-5,7-8,10-11,13,20,23H,6,9,12,14-15H2,1-2H3. The summed E-state index contributed by atoms with van der Waals surface area (Å²) in [6.07, 6.45) is 2.27. The van der Waals surface area contributed by atoms with E-state index in [2.05, 4.69) is 17.0 Å². The van der Waals surface area contributed by atoms with E-state index in [1.165, 1.54) is 16.1 Å². The van der Waals surface area contributed by atoms with E-state index < -0.39 is 16.1 Å². The molecule has 2 aromatic carbocycles. The first kappa shape index (κ1) is 18.9. The zero-order valence-corrected chi connectivity index (χ0v) is 16.1. The molecule has 0 saturated heterocycles. The number of rotatable bonds is 6. The van der Waals surface area contributed by atoms with E-state index in [1.54, 1.807) is 0 Å². The van der Waals surface area contributed by atoms with E-state index in [-0.39, 0.29) is 0 Å². The molecule has 0 spiro atoms. The first-order valence-electron chi connectivity index (χ1n) is 8.85. The number of nitrogens with zero attached hydrogens (tertiary/aromatic N) is 2. The molecule has 5 nitrogen and oxygen atoms in total. The van der Waals surface area contributed by atoms with Gasteiger partial charge in [0, 0.05) is 19.6 Å². The molecule has 1 heterocycles. The summed E-state index contributed by atoms with van der Waals surface area (Å²) >= 11 is 0. The van der Waals surface area contributed by atoms with Crippen molar-refractivity contribution in [2.24, 2.45) is 0 Å². The summed E-state index contributed by atoms with van der Waals surface area (Å²) in [7, 11) is -1.28. The van der Waals surface area contributed by atoms with Gasteiger partial charge in [-0.3, -0.25) is 9.21 Å². The fraction of sp³-hybridized carbons (Fsp3) is 0.400. The molecule has 1 aliphatic heterocycles. The molecule has 2 aromatic rings. The Labute approximate surface area is 155 Å². The smallest absolute Gasteiger partial charge is 0.232 e. The second-order valence-corrected chi connectivity index (χ2v) is 8.93. The van der Waals surface area contributed by atoms with Crippen LogP contribution in [-0.2, 0) is 23.0 Å². The van der Waals surface area contributed by atoms with E-state index >= 15 is 0 Å². The molecule has 140 valence electrons. The number of hydrogen-bond acceptors (Lipinski definition) is 4. The Morgan fingerprint density at radius 3 is 2.62 bits per heavy atom. The van der Waals surface area contributed by atoms with Gasteiger partial charge in [0.2, 0.25) is 10.0 Å². The highest BCUT2D eigenvalue weighted by Gasteiger charge is 2.24. The van der Waals surface area contributed by atoms with Crippen molar-refractivity contribution < 1.29 is 13.5 Å². The maximum Gasteiger partial charge on any atom is 0.232 e. The van der Waals surface area contributed by atoms with Gasteiger partial charge < -0.3 is 5.11 Å². The van der Waals surface area contributed by atoms with Crippen LogP contribution in [0.5, 0.6) is 0 Å². The Kier molecular flexibility index (Phi) is 5.65. The first-order chi connectivity index (χ1) is 12.3. The lowest BCUT2D eigenvalue weighted by Crippen LogP contribution is -2.34. The highest BCUT2D eigenvalue weighted by atomic mass is 32.2. The molecule has 3 rings (SSSR count). The van der Waals surface area contributed by atoms with Crippen molar-refractivity contribution in [1.29, 1.82) is 0 Å². The van der Waals surface area contributed by atoms with Crippen molar-refractivity contribution in [2.45, 2.75) is 25.5 Å². The molecule has 0 bridgehead atoms. The van der Waals surface area contributed by atoms with Crippen LogP contribution in [0.25, 0.3) is 0 Å². The van der Waals surface area contributed by atoms with Crippen LogP contribution in [0.4, 0.5) is 5.69 Å². The molecule has 1 aliphatic rings. The van der Waals surface area contributed by atoms with Crippen molar-refractivity contribution in [1.82, 2.24) is 4.90 Å². The molecule has 6 heteroatoms. The van der Waals surface area contributed by atoms with Crippen LogP contribution in [-0.4, -0.2) is 44.8 Å². The maximum absolute atomic E-state index is 12.0. The maximum atomic E-state index is 12.0. The summed E-state index contributed by atoms with van der Waals surface area (Å²) in [4.78, 5) is 2.09. The molecular formula is C20H26N2O3S. The number of fused-ring (bicyclic) bond motifs is 1. The Bertz CT molecular complexity index is 853. The Morgan fingerprint density at radius 1 is 1.19 bits per heavy atom. The Morgan fingerprint density at radius 2 is 1.92 bits per heavy atom. The van der Waals surface area contributed by atoms with Gasteiger partial charge in [-0.15, -0.1) is 0 Å². The number of aliphatic hydroxyl groups excluding tert-OH is 1. The van der Waals surface area contributed by atoms with Crippen LogP contribution in [0.2, 0.25) is 0 Å². The number of aryl methyl sites for hydroxylation is 1. The third-order valence-electron chi connectivity index (χ3n) is 4.74. The highest BCUT2D eigenvalue weighted by molar-refractivity contribution is 7.92. The van der Waals surface area contributed by atoms with Crippen LogP contribution in [0.1, 0.15) is 29.2 Å². The van der Waals surface area contributed by atoms with E-state index in [4.69, 9.17) is 0 Å². The third kappa shape index (κ3) is 4.44. The van der Waals surface area contributed by atoms with Gasteiger partial charge in [-0.2, -0.15) is 0 Å². The number of hydrogen-bond donors (Lipinski definition) is 1. The van der Waals surface area contributed by atoms with Crippen LogP contribution in [0.3, 0.4) is 0 Å². The van der Waals surface area contributed by atoms with Crippen molar-refractivity contribution in [2.75, 3.05) is 30.7 Å². The molecular weight excluding hydrogens is 348 g/mol. The average Bonchev–Trinajstić information content (AvgIpc) is 2.60. The van der Waals surface area contributed by atoms with Gasteiger partial charge in [-0.25, -0.2) is 8.42 Å². The predicted molar refractivity (Wildman–Crippen MR) is 105 cm³/mol. The number of sulfonamides is 1. The molecule has 0 saturated carbocycles. The number of likely N-dealkylation sites (N-methyl/N-ethyl adjacent to an activating group) is 1. The van der Waals surface area contributed by atoms with Crippen LogP contribution in [0.15, 0.2) is 48.5 Å². The van der Waals surface area contributed by atoms with Crippen molar-refractivity contribution in [3.05, 3.63) is 65.2 Å². The fourth-order valence-corrected chi connectivity index (χ4v) is 4.49. The highest BCUT2D eigenvalue weighted by Crippen LogP contribution is 2.31. The predicted octanol–water partition coefficient (Wildman–Crippen LogP) is 2.56. The molecule has 0 amide bonds. The van der Waals surface area contributed by atoms with Gasteiger partial charge in [-0.05, 0) is 42.6 Å². The van der Waals surface area contributed by atoms with Crippen molar-refractivity contribution >= 4 is 15.7 Å². The largest absolute Gasteiger partial charge is 0.387 e. The minimum Gasteiger partial charge on any atom is -0.387 e. The van der Waals surface area contributed by atoms with Crippen molar-refractivity contribution in [3.63, 3.8) is 0 Å². The van der Waals surface area contributed by atoms with Crippen LogP contribution < -0.4 is 4.31 Å². The van der Waals surface area contributed by atoms with Gasteiger partial charge in [0.05, 0.1) is 18.0 Å². The average molecular weight is 375 g/mol. The summed E-state index contributed by atoms with van der Waals surface area (Å²) in [6, 6.07) is 15.8. The lowest BCUT2D eigenvalue weighted by Gasteiger charge is -2.30. The number of anilines is 1. The molecule has 1 atom stereocenters. The summed E-state index contributed by atoms with van der Waals surface area (Å²) < 4.78 is 25.4. The molecule has 26 heavy (non-hydrogen) atoms. The van der Waals surface area contributed by atoms with E-state index in [1.807, 2.05) is 43.4 Å². The van der Waals surface area contributed by atoms with E-state index in [9.17, 15) is 13.5 Å². The van der Waals surface area contributed by atoms with Gasteiger partial charge in [0.15, 0.2) is 0 Å². The van der Waals surface area contributed by atoms with Gasteiger partial charge in [0.1, 0.15) is 0 Å². The molecule has 0 fully saturated rings. The zero-order valence-electron chi connectivity index (χ0n) is 15.3. The van der Waals surface area contributed by atoms with Crippen LogP contribution >= 0.6 is 0 Å². The third-order valence-corrected chi connectivity index (χ3v) is 5.92. The van der Waals surface area contributed by atoms with E-state index in [0.29, 0.717) is 13.1 Å². The number of aliphatic hydroxyl groups is 1. The van der Waals surface area contributed by atoms with Gasteiger partial charge in [0.25, 0.3) is 0 Å². The molecule has 1 unspecified atom stereocenters. The molecule has 1 N–H and O–H groups in total. The van der Waals surface area contributed by atoms with E-state index in [0.717, 1.165) is 36.2 Å². The van der Waals surface area contributed by atoms with Gasteiger partial charge in [-0.1, -0.05) is 42.5 Å². The van der Waals surface area contributed by atoms with Crippen LogP contribution in [0, 0.1) is 0 Å². The normalized spacial score (nSPS) is 15.8. The lowest BCUT2D eigenvalue weighted by molar-refractivity contribution is 0.124. The summed E-state index contributed by atoms with van der Waals surface area (Å²) in [5.74, 6) is 0. The summed E-state index contributed by atoms with van der Waals surface area (Å²) in [5.41, 5.74) is 3.77. The molecule has 0 aliphatic carbocycles. The second kappa shape index (κ2) is 7.78. The number of benzene rings is 2. The molecule has 0 aromatic heterocycles. The Balaban J connectivity index is 1.71. The zero-order chi connectivity index (χ0) is 18.7. The second-order valence-electron chi connectivity index (χ2n) is 7.02. The topological polar surface area (TPSA) is 60.9 Å². The lowest BCUT2D eigenvalue weighted by atomic mass is 9.98. The first-order valence-corrected chi connectivity index (χ1v) is 10.7. The van der Waals surface area contributed by atoms with Crippen molar-refractivity contribution in [3.8, 4) is 0 Å². The SMILES string of the molecule is CN(Cc1ccccc1)CC(O)c1ccc2c(c1)CCCN2S(C)(=O)=O. The summed E-state index contributed by atoms with van der Waals surface area (Å²) in [6.45, 7) is 1.81.